The normalized spacial score (nSPS) is 16.1. The first-order valence-electron chi connectivity index (χ1n) is 7.65. The van der Waals surface area contributed by atoms with Crippen LogP contribution in [0.1, 0.15) is 12.0 Å². The second kappa shape index (κ2) is 9.01. The number of benzene rings is 1. The van der Waals surface area contributed by atoms with Gasteiger partial charge in [-0.05, 0) is 24.1 Å². The maximum atomic E-state index is 12.1. The first kappa shape index (κ1) is 19.5. The Labute approximate surface area is 152 Å². The molecule has 2 rings (SSSR count). The van der Waals surface area contributed by atoms with E-state index in [1.54, 1.807) is 12.1 Å². The Kier molecular flexibility index (Phi) is 7.31. The van der Waals surface area contributed by atoms with Gasteiger partial charge in [-0.1, -0.05) is 29.3 Å². The standard InChI is InChI=1S/C15H20Cl2N2O4S/c16-13-3-1-12(11-14(13)17)2-4-15(20)18-5-10-24(21,22)19-6-8-23-9-7-19/h1,3,11H,2,4-10H2,(H,18,20). The van der Waals surface area contributed by atoms with Gasteiger partial charge >= 0.3 is 0 Å². The molecule has 0 aliphatic carbocycles. The van der Waals surface area contributed by atoms with E-state index < -0.39 is 10.0 Å². The van der Waals surface area contributed by atoms with Crippen LogP contribution in [-0.4, -0.2) is 57.2 Å². The number of hydrogen-bond donors (Lipinski definition) is 1. The Morgan fingerprint density at radius 1 is 1.21 bits per heavy atom. The third kappa shape index (κ3) is 5.89. The van der Waals surface area contributed by atoms with Crippen molar-refractivity contribution < 1.29 is 17.9 Å². The molecule has 0 atom stereocenters. The van der Waals surface area contributed by atoms with E-state index in [2.05, 4.69) is 5.32 Å². The largest absolute Gasteiger partial charge is 0.379 e. The van der Waals surface area contributed by atoms with Gasteiger partial charge in [-0.3, -0.25) is 4.79 Å². The number of hydrogen-bond acceptors (Lipinski definition) is 4. The number of nitrogens with zero attached hydrogens (tertiary/aromatic N) is 1. The third-order valence-electron chi connectivity index (χ3n) is 3.67. The summed E-state index contributed by atoms with van der Waals surface area (Å²) in [5, 5.41) is 3.56. The number of morpholine rings is 1. The fourth-order valence-electron chi connectivity index (χ4n) is 2.31. The van der Waals surface area contributed by atoms with Crippen LogP contribution in [-0.2, 0) is 26.0 Å². The molecule has 0 saturated carbocycles. The summed E-state index contributed by atoms with van der Waals surface area (Å²) in [4.78, 5) is 11.8. The first-order chi connectivity index (χ1) is 11.4. The summed E-state index contributed by atoms with van der Waals surface area (Å²) in [6.07, 6.45) is 0.772. The molecule has 9 heteroatoms. The number of ether oxygens (including phenoxy) is 1. The average Bonchev–Trinajstić information content (AvgIpc) is 2.56. The minimum Gasteiger partial charge on any atom is -0.379 e. The van der Waals surface area contributed by atoms with E-state index in [4.69, 9.17) is 27.9 Å². The Morgan fingerprint density at radius 2 is 1.92 bits per heavy atom. The van der Waals surface area contributed by atoms with Crippen molar-refractivity contribution in [2.45, 2.75) is 12.8 Å². The highest BCUT2D eigenvalue weighted by atomic mass is 35.5. The summed E-state index contributed by atoms with van der Waals surface area (Å²) < 4.78 is 30.8. The molecule has 6 nitrogen and oxygen atoms in total. The quantitative estimate of drug-likeness (QED) is 0.763. The van der Waals surface area contributed by atoms with Gasteiger partial charge in [0.1, 0.15) is 0 Å². The molecular weight excluding hydrogens is 375 g/mol. The molecule has 0 aromatic heterocycles. The van der Waals surface area contributed by atoms with Crippen molar-refractivity contribution in [3.05, 3.63) is 33.8 Å². The lowest BCUT2D eigenvalue weighted by Crippen LogP contribution is -2.43. The van der Waals surface area contributed by atoms with Crippen LogP contribution in [0, 0.1) is 0 Å². The van der Waals surface area contributed by atoms with Gasteiger partial charge in [-0.25, -0.2) is 8.42 Å². The van der Waals surface area contributed by atoms with E-state index in [9.17, 15) is 13.2 Å². The maximum Gasteiger partial charge on any atom is 0.220 e. The highest BCUT2D eigenvalue weighted by molar-refractivity contribution is 7.89. The molecule has 0 bridgehead atoms. The molecule has 1 aliphatic heterocycles. The van der Waals surface area contributed by atoms with Gasteiger partial charge in [-0.15, -0.1) is 0 Å². The van der Waals surface area contributed by atoms with Crippen molar-refractivity contribution in [2.75, 3.05) is 38.6 Å². The molecule has 1 amide bonds. The number of amides is 1. The number of sulfonamides is 1. The molecule has 1 N–H and O–H groups in total. The molecular formula is C15H20Cl2N2O4S. The number of halogens is 2. The van der Waals surface area contributed by atoms with Gasteiger partial charge in [0, 0.05) is 26.1 Å². The predicted molar refractivity (Wildman–Crippen MR) is 94.0 cm³/mol. The highest BCUT2D eigenvalue weighted by Crippen LogP contribution is 2.23. The van der Waals surface area contributed by atoms with Crippen LogP contribution < -0.4 is 5.32 Å². The van der Waals surface area contributed by atoms with Crippen LogP contribution in [0.15, 0.2) is 18.2 Å². The van der Waals surface area contributed by atoms with Gasteiger partial charge in [0.25, 0.3) is 0 Å². The lowest BCUT2D eigenvalue weighted by atomic mass is 10.1. The Hall–Kier alpha value is -0.860. The minimum absolute atomic E-state index is 0.0971. The molecule has 1 aliphatic rings. The van der Waals surface area contributed by atoms with Gasteiger partial charge in [-0.2, -0.15) is 4.31 Å². The summed E-state index contributed by atoms with van der Waals surface area (Å²) in [6.45, 7) is 1.66. The average molecular weight is 395 g/mol. The van der Waals surface area contributed by atoms with Crippen LogP contribution in [0.4, 0.5) is 0 Å². The molecule has 134 valence electrons. The monoisotopic (exact) mass is 394 g/mol. The van der Waals surface area contributed by atoms with Crippen molar-refractivity contribution in [1.29, 1.82) is 0 Å². The van der Waals surface area contributed by atoms with E-state index in [1.807, 2.05) is 6.07 Å². The zero-order chi connectivity index (χ0) is 17.6. The number of carbonyl (C=O) groups excluding carboxylic acids is 1. The molecule has 1 fully saturated rings. The maximum absolute atomic E-state index is 12.1. The predicted octanol–water partition coefficient (Wildman–Crippen LogP) is 1.70. The van der Waals surface area contributed by atoms with Crippen LogP contribution in [0.25, 0.3) is 0 Å². The van der Waals surface area contributed by atoms with Crippen LogP contribution >= 0.6 is 23.2 Å². The summed E-state index contributed by atoms with van der Waals surface area (Å²) in [5.41, 5.74) is 0.903. The second-order valence-electron chi connectivity index (χ2n) is 5.43. The highest BCUT2D eigenvalue weighted by Gasteiger charge is 2.23. The topological polar surface area (TPSA) is 75.7 Å². The van der Waals surface area contributed by atoms with Crippen LogP contribution in [0.5, 0.6) is 0 Å². The molecule has 0 unspecified atom stereocenters. The van der Waals surface area contributed by atoms with E-state index in [0.29, 0.717) is 42.8 Å². The molecule has 0 spiro atoms. The van der Waals surface area contributed by atoms with E-state index in [1.165, 1.54) is 4.31 Å². The summed E-state index contributed by atoms with van der Waals surface area (Å²) in [6, 6.07) is 5.22. The van der Waals surface area contributed by atoms with Gasteiger partial charge < -0.3 is 10.1 Å². The van der Waals surface area contributed by atoms with Crippen molar-refractivity contribution in [3.63, 3.8) is 0 Å². The Balaban J connectivity index is 1.71. The van der Waals surface area contributed by atoms with Crippen molar-refractivity contribution in [1.82, 2.24) is 9.62 Å². The van der Waals surface area contributed by atoms with E-state index >= 15 is 0 Å². The fourth-order valence-corrected chi connectivity index (χ4v) is 3.96. The second-order valence-corrected chi connectivity index (χ2v) is 8.33. The lowest BCUT2D eigenvalue weighted by molar-refractivity contribution is -0.120. The Morgan fingerprint density at radius 3 is 2.58 bits per heavy atom. The van der Waals surface area contributed by atoms with Gasteiger partial charge in [0.15, 0.2) is 0 Å². The van der Waals surface area contributed by atoms with Crippen molar-refractivity contribution >= 4 is 39.1 Å². The van der Waals surface area contributed by atoms with Crippen molar-refractivity contribution in [2.24, 2.45) is 0 Å². The third-order valence-corrected chi connectivity index (χ3v) is 6.28. The van der Waals surface area contributed by atoms with Gasteiger partial charge in [0.2, 0.25) is 15.9 Å². The summed E-state index contributed by atoms with van der Waals surface area (Å²) in [7, 11) is -3.35. The van der Waals surface area contributed by atoms with Crippen LogP contribution in [0.3, 0.4) is 0 Å². The lowest BCUT2D eigenvalue weighted by Gasteiger charge is -2.26. The summed E-state index contributed by atoms with van der Waals surface area (Å²) >= 11 is 11.8. The smallest absolute Gasteiger partial charge is 0.220 e. The molecule has 24 heavy (non-hydrogen) atoms. The number of aryl methyl sites for hydroxylation is 1. The molecule has 1 aromatic carbocycles. The van der Waals surface area contributed by atoms with E-state index in [-0.39, 0.29) is 24.6 Å². The van der Waals surface area contributed by atoms with Crippen molar-refractivity contribution in [3.8, 4) is 0 Å². The fraction of sp³-hybridized carbons (Fsp3) is 0.533. The summed E-state index contributed by atoms with van der Waals surface area (Å²) in [5.74, 6) is -0.302. The molecule has 1 saturated heterocycles. The van der Waals surface area contributed by atoms with E-state index in [0.717, 1.165) is 5.56 Å². The zero-order valence-corrected chi connectivity index (χ0v) is 15.5. The number of rotatable bonds is 7. The minimum atomic E-state index is -3.35. The molecule has 1 aromatic rings. The SMILES string of the molecule is O=C(CCc1ccc(Cl)c(Cl)c1)NCCS(=O)(=O)N1CCOCC1. The zero-order valence-electron chi connectivity index (χ0n) is 13.1. The van der Waals surface area contributed by atoms with Gasteiger partial charge in [0.05, 0.1) is 29.0 Å². The number of nitrogens with one attached hydrogen (secondary N) is 1. The Bertz CT molecular complexity index is 676. The number of carbonyl (C=O) groups is 1. The molecule has 1 heterocycles. The van der Waals surface area contributed by atoms with Crippen LogP contribution in [0.2, 0.25) is 10.0 Å². The molecule has 0 radical (unpaired) electrons. The first-order valence-corrected chi connectivity index (χ1v) is 10.0.